The van der Waals surface area contributed by atoms with Crippen molar-refractivity contribution >= 4 is 11.9 Å². The lowest BCUT2D eigenvalue weighted by molar-refractivity contribution is -0.145. The first kappa shape index (κ1) is 26.2. The number of ether oxygens (including phenoxy) is 2. The third kappa shape index (κ3) is 5.27. The molecule has 8 nitrogen and oxygen atoms in total. The number of amides is 1. The van der Waals surface area contributed by atoms with E-state index in [1.807, 2.05) is 36.4 Å². The number of esters is 1. The molecule has 0 bridgehead atoms. The van der Waals surface area contributed by atoms with Crippen molar-refractivity contribution in [2.45, 2.75) is 45.9 Å². The Morgan fingerprint density at radius 1 is 0.923 bits per heavy atom. The second-order valence-corrected chi connectivity index (χ2v) is 9.94. The molecule has 0 spiro atoms. The smallest absolute Gasteiger partial charge is 0.328 e. The zero-order chi connectivity index (χ0) is 27.5. The molecule has 1 amide bonds. The van der Waals surface area contributed by atoms with Crippen LogP contribution in [0.15, 0.2) is 73.1 Å². The molecule has 1 atom stereocenters. The maximum atomic E-state index is 13.7. The maximum Gasteiger partial charge on any atom is 0.328 e. The summed E-state index contributed by atoms with van der Waals surface area (Å²) < 4.78 is 12.7. The molecule has 0 saturated heterocycles. The number of fused-ring (bicyclic) bond motifs is 1. The number of nitrogens with zero attached hydrogens (tertiary/aromatic N) is 4. The topological polar surface area (TPSA) is 86.6 Å². The molecule has 0 radical (unpaired) electrons. The molecule has 0 saturated carbocycles. The molecule has 200 valence electrons. The Labute approximate surface area is 228 Å². The van der Waals surface area contributed by atoms with Crippen molar-refractivity contribution in [1.82, 2.24) is 19.7 Å². The van der Waals surface area contributed by atoms with Crippen LogP contribution in [0.1, 0.15) is 48.3 Å². The Morgan fingerprint density at radius 2 is 1.62 bits per heavy atom. The standard InChI is InChI=1S/C31H32N4O4/c1-20(2)23-7-5-22(6-8-23)19-39-26-11-9-24(10-12-26)27-28(25-13-15-32-16-14-25)33-35-18-17-34(30(36)29(27)35)21(3)31(37)38-4/h5-16,20-21H,17-19H2,1-4H3. The Kier molecular flexibility index (Phi) is 7.45. The fourth-order valence-electron chi connectivity index (χ4n) is 4.82. The van der Waals surface area contributed by atoms with E-state index in [0.717, 1.165) is 22.4 Å². The summed E-state index contributed by atoms with van der Waals surface area (Å²) in [5.41, 5.74) is 5.93. The van der Waals surface area contributed by atoms with Crippen molar-refractivity contribution in [2.75, 3.05) is 13.7 Å². The molecule has 5 rings (SSSR count). The van der Waals surface area contributed by atoms with Crippen molar-refractivity contribution in [3.63, 3.8) is 0 Å². The average molecular weight is 525 g/mol. The van der Waals surface area contributed by atoms with Gasteiger partial charge < -0.3 is 14.4 Å². The number of rotatable bonds is 8. The number of carbonyl (C=O) groups is 2. The highest BCUT2D eigenvalue weighted by molar-refractivity contribution is 6.04. The fraction of sp³-hybridized carbons (Fsp3) is 0.290. The minimum atomic E-state index is -0.700. The minimum Gasteiger partial charge on any atom is -0.489 e. The van der Waals surface area contributed by atoms with Crippen molar-refractivity contribution in [1.29, 1.82) is 0 Å². The van der Waals surface area contributed by atoms with Gasteiger partial charge in [-0.1, -0.05) is 50.2 Å². The van der Waals surface area contributed by atoms with Gasteiger partial charge in [0.05, 0.1) is 13.7 Å². The van der Waals surface area contributed by atoms with E-state index in [0.29, 0.717) is 42.6 Å². The highest BCUT2D eigenvalue weighted by atomic mass is 16.5. The number of benzene rings is 2. The third-order valence-electron chi connectivity index (χ3n) is 7.13. The lowest BCUT2D eigenvalue weighted by Gasteiger charge is -2.31. The van der Waals surface area contributed by atoms with Crippen LogP contribution in [0.3, 0.4) is 0 Å². The average Bonchev–Trinajstić information content (AvgIpc) is 3.37. The lowest BCUT2D eigenvalue weighted by atomic mass is 9.98. The van der Waals surface area contributed by atoms with Crippen molar-refractivity contribution in [3.05, 3.63) is 89.9 Å². The van der Waals surface area contributed by atoms with Crippen LogP contribution in [0.2, 0.25) is 0 Å². The maximum absolute atomic E-state index is 13.7. The number of pyridine rings is 1. The molecular formula is C31H32N4O4. The van der Waals surface area contributed by atoms with E-state index in [-0.39, 0.29) is 5.91 Å². The van der Waals surface area contributed by atoms with E-state index in [2.05, 4.69) is 43.1 Å². The van der Waals surface area contributed by atoms with Gasteiger partial charge in [0.25, 0.3) is 5.91 Å². The highest BCUT2D eigenvalue weighted by Crippen LogP contribution is 2.37. The van der Waals surface area contributed by atoms with Crippen molar-refractivity contribution in [3.8, 4) is 28.1 Å². The molecule has 1 unspecified atom stereocenters. The van der Waals surface area contributed by atoms with Gasteiger partial charge in [0, 0.05) is 30.1 Å². The molecule has 2 aromatic heterocycles. The predicted octanol–water partition coefficient (Wildman–Crippen LogP) is 5.33. The van der Waals surface area contributed by atoms with Gasteiger partial charge in [-0.15, -0.1) is 0 Å². The zero-order valence-corrected chi connectivity index (χ0v) is 22.6. The third-order valence-corrected chi connectivity index (χ3v) is 7.13. The first-order valence-electron chi connectivity index (χ1n) is 13.1. The molecule has 8 heteroatoms. The van der Waals surface area contributed by atoms with E-state index in [1.54, 1.807) is 28.9 Å². The summed E-state index contributed by atoms with van der Waals surface area (Å²) in [6, 6.07) is 19.2. The van der Waals surface area contributed by atoms with Gasteiger partial charge in [-0.05, 0) is 53.8 Å². The van der Waals surface area contributed by atoms with Gasteiger partial charge in [-0.3, -0.25) is 14.5 Å². The molecule has 0 fully saturated rings. The number of hydrogen-bond donors (Lipinski definition) is 0. The SMILES string of the molecule is COC(=O)C(C)N1CCn2nc(-c3ccncc3)c(-c3ccc(OCc4ccc(C(C)C)cc4)cc3)c2C1=O. The second kappa shape index (κ2) is 11.1. The van der Waals surface area contributed by atoms with Gasteiger partial charge in [0.2, 0.25) is 0 Å². The second-order valence-electron chi connectivity index (χ2n) is 9.94. The van der Waals surface area contributed by atoms with Gasteiger partial charge in [-0.2, -0.15) is 5.10 Å². The van der Waals surface area contributed by atoms with E-state index in [9.17, 15) is 9.59 Å². The van der Waals surface area contributed by atoms with E-state index < -0.39 is 12.0 Å². The van der Waals surface area contributed by atoms with Gasteiger partial charge in [0.15, 0.2) is 0 Å². The van der Waals surface area contributed by atoms with Crippen LogP contribution in [-0.2, 0) is 22.7 Å². The summed E-state index contributed by atoms with van der Waals surface area (Å²) in [5, 5.41) is 4.82. The van der Waals surface area contributed by atoms with Crippen LogP contribution in [0.4, 0.5) is 0 Å². The first-order valence-corrected chi connectivity index (χ1v) is 13.1. The van der Waals surface area contributed by atoms with E-state index in [4.69, 9.17) is 14.6 Å². The summed E-state index contributed by atoms with van der Waals surface area (Å²) in [6.45, 7) is 7.33. The van der Waals surface area contributed by atoms with E-state index >= 15 is 0 Å². The molecule has 1 aliphatic heterocycles. The van der Waals surface area contributed by atoms with Crippen molar-refractivity contribution < 1.29 is 19.1 Å². The molecule has 0 N–H and O–H groups in total. The Bertz CT molecular complexity index is 1460. The van der Waals surface area contributed by atoms with Crippen LogP contribution in [0.5, 0.6) is 5.75 Å². The Morgan fingerprint density at radius 3 is 2.26 bits per heavy atom. The van der Waals surface area contributed by atoms with Gasteiger partial charge >= 0.3 is 5.97 Å². The Balaban J connectivity index is 1.46. The normalized spacial score (nSPS) is 13.8. The summed E-state index contributed by atoms with van der Waals surface area (Å²) >= 11 is 0. The van der Waals surface area contributed by atoms with Gasteiger partial charge in [-0.25, -0.2) is 4.79 Å². The molecular weight excluding hydrogens is 492 g/mol. The van der Waals surface area contributed by atoms with Crippen LogP contribution in [-0.4, -0.2) is 51.2 Å². The number of hydrogen-bond acceptors (Lipinski definition) is 6. The molecule has 2 aromatic carbocycles. The number of carbonyl (C=O) groups excluding carboxylic acids is 2. The predicted molar refractivity (Wildman–Crippen MR) is 148 cm³/mol. The van der Waals surface area contributed by atoms with Gasteiger partial charge in [0.1, 0.15) is 29.8 Å². The van der Waals surface area contributed by atoms with Crippen LogP contribution in [0.25, 0.3) is 22.4 Å². The molecule has 4 aromatic rings. The van der Waals surface area contributed by atoms with Crippen molar-refractivity contribution in [2.24, 2.45) is 0 Å². The largest absolute Gasteiger partial charge is 0.489 e. The van der Waals surface area contributed by atoms with Crippen LogP contribution >= 0.6 is 0 Å². The Hall–Kier alpha value is -4.46. The highest BCUT2D eigenvalue weighted by Gasteiger charge is 2.36. The number of aromatic nitrogens is 3. The molecule has 3 heterocycles. The summed E-state index contributed by atoms with van der Waals surface area (Å²) in [5.74, 6) is 0.506. The molecule has 0 aliphatic carbocycles. The molecule has 39 heavy (non-hydrogen) atoms. The summed E-state index contributed by atoms with van der Waals surface area (Å²) in [7, 11) is 1.33. The number of methoxy groups -OCH3 is 1. The van der Waals surface area contributed by atoms with Crippen LogP contribution < -0.4 is 4.74 Å². The zero-order valence-electron chi connectivity index (χ0n) is 22.6. The summed E-state index contributed by atoms with van der Waals surface area (Å²) in [4.78, 5) is 31.6. The monoisotopic (exact) mass is 524 g/mol. The van der Waals surface area contributed by atoms with E-state index in [1.165, 1.54) is 12.7 Å². The first-order chi connectivity index (χ1) is 18.9. The quantitative estimate of drug-likeness (QED) is 0.290. The summed E-state index contributed by atoms with van der Waals surface area (Å²) in [6.07, 6.45) is 3.41. The lowest BCUT2D eigenvalue weighted by Crippen LogP contribution is -2.49. The fourth-order valence-corrected chi connectivity index (χ4v) is 4.82. The minimum absolute atomic E-state index is 0.257. The van der Waals surface area contributed by atoms with Crippen LogP contribution in [0, 0.1) is 0 Å². The molecule has 1 aliphatic rings.